The monoisotopic (exact) mass is 226 g/mol. The molecule has 1 aliphatic carbocycles. The first kappa shape index (κ1) is 11.4. The molecule has 16 heavy (non-hydrogen) atoms. The Morgan fingerprint density at radius 3 is 2.44 bits per heavy atom. The molecule has 1 unspecified atom stereocenters. The molecule has 2 fully saturated rings. The van der Waals surface area contributed by atoms with Crippen molar-refractivity contribution >= 4 is 11.9 Å². The second-order valence-corrected chi connectivity index (χ2v) is 4.91. The van der Waals surface area contributed by atoms with Gasteiger partial charge >= 0.3 is 5.97 Å². The number of carbonyl (C=O) groups excluding carboxylic acids is 1. The van der Waals surface area contributed by atoms with Crippen LogP contribution in [0.25, 0.3) is 0 Å². The molecule has 2 aliphatic rings. The molecule has 0 bridgehead atoms. The first-order chi connectivity index (χ1) is 7.46. The smallest absolute Gasteiger partial charge is 0.329 e. The van der Waals surface area contributed by atoms with Crippen LogP contribution in [0.1, 0.15) is 39.0 Å². The van der Waals surface area contributed by atoms with Crippen LogP contribution in [-0.2, 0) is 9.59 Å². The Bertz CT molecular complexity index is 338. The fraction of sp³-hybridized carbons (Fsp3) is 0.818. The molecule has 0 aromatic heterocycles. The van der Waals surface area contributed by atoms with Crippen molar-refractivity contribution in [3.8, 4) is 0 Å². The highest BCUT2D eigenvalue weighted by Crippen LogP contribution is 2.40. The summed E-state index contributed by atoms with van der Waals surface area (Å²) in [6.45, 7) is 2.34. The Morgan fingerprint density at radius 2 is 2.00 bits per heavy atom. The summed E-state index contributed by atoms with van der Waals surface area (Å²) in [7, 11) is 0. The Morgan fingerprint density at radius 1 is 1.38 bits per heavy atom. The number of carboxylic acid groups (broad SMARTS) is 1. The maximum Gasteiger partial charge on any atom is 0.329 e. The number of nitrogens with zero attached hydrogens (tertiary/aromatic N) is 1. The maximum absolute atomic E-state index is 12.1. The summed E-state index contributed by atoms with van der Waals surface area (Å²) >= 11 is 0. The molecule has 3 N–H and O–H groups in total. The molecule has 5 heteroatoms. The van der Waals surface area contributed by atoms with Gasteiger partial charge in [0.25, 0.3) is 0 Å². The molecular formula is C11H18N2O3. The summed E-state index contributed by atoms with van der Waals surface area (Å²) in [6.07, 6.45) is 3.11. The molecule has 1 heterocycles. The molecule has 1 saturated carbocycles. The van der Waals surface area contributed by atoms with Gasteiger partial charge in [-0.05, 0) is 32.1 Å². The summed E-state index contributed by atoms with van der Waals surface area (Å²) in [5, 5.41) is 9.33. The molecule has 0 radical (unpaired) electrons. The Hall–Kier alpha value is -1.10. The Kier molecular flexibility index (Phi) is 2.45. The molecule has 90 valence electrons. The topological polar surface area (TPSA) is 83.6 Å². The number of hydrogen-bond donors (Lipinski definition) is 2. The van der Waals surface area contributed by atoms with Crippen LogP contribution in [0.3, 0.4) is 0 Å². The van der Waals surface area contributed by atoms with Gasteiger partial charge in [0.05, 0.1) is 5.54 Å². The predicted octanol–water partition coefficient (Wildman–Crippen LogP) is 0.333. The molecule has 0 spiro atoms. The van der Waals surface area contributed by atoms with Gasteiger partial charge < -0.3 is 15.7 Å². The van der Waals surface area contributed by atoms with E-state index in [0.717, 1.165) is 6.42 Å². The summed E-state index contributed by atoms with van der Waals surface area (Å²) < 4.78 is 0. The number of nitrogens with two attached hydrogens (primary N) is 1. The molecule has 1 atom stereocenters. The van der Waals surface area contributed by atoms with Crippen molar-refractivity contribution in [2.75, 3.05) is 6.54 Å². The maximum atomic E-state index is 12.1. The van der Waals surface area contributed by atoms with Gasteiger partial charge in [0.1, 0.15) is 5.54 Å². The van der Waals surface area contributed by atoms with E-state index >= 15 is 0 Å². The van der Waals surface area contributed by atoms with E-state index in [1.165, 1.54) is 4.90 Å². The number of carbonyl (C=O) groups is 2. The zero-order valence-electron chi connectivity index (χ0n) is 9.53. The average Bonchev–Trinajstić information content (AvgIpc) is 2.84. The lowest BCUT2D eigenvalue weighted by atomic mass is 9.92. The van der Waals surface area contributed by atoms with Crippen molar-refractivity contribution < 1.29 is 14.7 Å². The fourth-order valence-electron chi connectivity index (χ4n) is 2.53. The van der Waals surface area contributed by atoms with Gasteiger partial charge in [-0.1, -0.05) is 6.92 Å². The Labute approximate surface area is 94.6 Å². The van der Waals surface area contributed by atoms with Gasteiger partial charge in [-0.2, -0.15) is 0 Å². The zero-order chi connectivity index (χ0) is 12.0. The van der Waals surface area contributed by atoms with Crippen LogP contribution in [0.15, 0.2) is 0 Å². The molecule has 1 aliphatic heterocycles. The number of amides is 1. The summed E-state index contributed by atoms with van der Waals surface area (Å²) in [6, 6.07) is 0. The van der Waals surface area contributed by atoms with Gasteiger partial charge in [-0.25, -0.2) is 4.79 Å². The third-order valence-electron chi connectivity index (χ3n) is 3.93. The first-order valence-electron chi connectivity index (χ1n) is 5.81. The number of hydrogen-bond acceptors (Lipinski definition) is 3. The van der Waals surface area contributed by atoms with E-state index in [4.69, 9.17) is 5.73 Å². The Balaban J connectivity index is 2.26. The predicted molar refractivity (Wildman–Crippen MR) is 57.8 cm³/mol. The van der Waals surface area contributed by atoms with E-state index < -0.39 is 17.0 Å². The van der Waals surface area contributed by atoms with Crippen LogP contribution in [-0.4, -0.2) is 39.5 Å². The molecular weight excluding hydrogens is 208 g/mol. The summed E-state index contributed by atoms with van der Waals surface area (Å²) in [5.74, 6) is -1.07. The molecule has 0 aromatic rings. The van der Waals surface area contributed by atoms with Crippen molar-refractivity contribution in [3.05, 3.63) is 0 Å². The summed E-state index contributed by atoms with van der Waals surface area (Å²) in [4.78, 5) is 25.0. The van der Waals surface area contributed by atoms with Crippen molar-refractivity contribution in [3.63, 3.8) is 0 Å². The van der Waals surface area contributed by atoms with E-state index in [0.29, 0.717) is 32.2 Å². The second-order valence-electron chi connectivity index (χ2n) is 4.91. The fourth-order valence-corrected chi connectivity index (χ4v) is 2.53. The quantitative estimate of drug-likeness (QED) is 0.726. The molecule has 5 nitrogen and oxygen atoms in total. The highest BCUT2D eigenvalue weighted by molar-refractivity contribution is 5.94. The van der Waals surface area contributed by atoms with Gasteiger partial charge in [-0.3, -0.25) is 4.79 Å². The van der Waals surface area contributed by atoms with Gasteiger partial charge in [0.2, 0.25) is 5.91 Å². The lowest BCUT2D eigenvalue weighted by Crippen LogP contribution is -2.57. The minimum atomic E-state index is -1.01. The van der Waals surface area contributed by atoms with Crippen molar-refractivity contribution in [1.82, 2.24) is 4.90 Å². The normalized spacial score (nSPS) is 31.5. The minimum absolute atomic E-state index is 0.172. The molecule has 2 rings (SSSR count). The van der Waals surface area contributed by atoms with Crippen molar-refractivity contribution in [2.24, 2.45) is 5.73 Å². The highest BCUT2D eigenvalue weighted by atomic mass is 16.4. The second kappa shape index (κ2) is 3.45. The number of aliphatic carboxylic acids is 1. The number of rotatable bonds is 3. The van der Waals surface area contributed by atoms with Crippen LogP contribution in [0.2, 0.25) is 0 Å². The molecule has 1 amide bonds. The lowest BCUT2D eigenvalue weighted by molar-refractivity contribution is -0.157. The zero-order valence-corrected chi connectivity index (χ0v) is 9.53. The van der Waals surface area contributed by atoms with Gasteiger partial charge in [-0.15, -0.1) is 0 Å². The average molecular weight is 226 g/mol. The van der Waals surface area contributed by atoms with E-state index in [1.54, 1.807) is 0 Å². The number of likely N-dealkylation sites (tertiary alicyclic amines) is 1. The van der Waals surface area contributed by atoms with Crippen LogP contribution >= 0.6 is 0 Å². The van der Waals surface area contributed by atoms with Crippen LogP contribution in [0.4, 0.5) is 0 Å². The van der Waals surface area contributed by atoms with E-state index in [1.807, 2.05) is 6.92 Å². The highest BCUT2D eigenvalue weighted by Gasteiger charge is 2.56. The lowest BCUT2D eigenvalue weighted by Gasteiger charge is -2.35. The van der Waals surface area contributed by atoms with Gasteiger partial charge in [0, 0.05) is 6.54 Å². The van der Waals surface area contributed by atoms with Crippen LogP contribution in [0, 0.1) is 0 Å². The molecule has 0 aromatic carbocycles. The van der Waals surface area contributed by atoms with E-state index in [2.05, 4.69) is 0 Å². The minimum Gasteiger partial charge on any atom is -0.479 e. The largest absolute Gasteiger partial charge is 0.479 e. The van der Waals surface area contributed by atoms with E-state index in [9.17, 15) is 14.7 Å². The van der Waals surface area contributed by atoms with Crippen molar-refractivity contribution in [2.45, 2.75) is 50.1 Å². The third-order valence-corrected chi connectivity index (χ3v) is 3.93. The molecule has 1 saturated heterocycles. The SMILES string of the molecule is CCC1(C(=O)O)CCCN1C(=O)C1(N)CC1. The number of carboxylic acids is 1. The van der Waals surface area contributed by atoms with Crippen molar-refractivity contribution in [1.29, 1.82) is 0 Å². The van der Waals surface area contributed by atoms with Gasteiger partial charge in [0.15, 0.2) is 0 Å². The summed E-state index contributed by atoms with van der Waals surface area (Å²) in [5.41, 5.74) is 4.09. The third kappa shape index (κ3) is 1.42. The van der Waals surface area contributed by atoms with E-state index in [-0.39, 0.29) is 5.91 Å². The van der Waals surface area contributed by atoms with Crippen LogP contribution < -0.4 is 5.73 Å². The standard InChI is InChI=1S/C11H18N2O3/c1-2-11(9(15)16)4-3-7-13(11)8(14)10(12)5-6-10/h2-7,12H2,1H3,(H,15,16). The first-order valence-corrected chi connectivity index (χ1v) is 5.81. The van der Waals surface area contributed by atoms with Crippen LogP contribution in [0.5, 0.6) is 0 Å².